The Morgan fingerprint density at radius 1 is 1.03 bits per heavy atom. The molecule has 0 radical (unpaired) electrons. The van der Waals surface area contributed by atoms with Gasteiger partial charge in [-0.25, -0.2) is 0 Å². The van der Waals surface area contributed by atoms with Crippen LogP contribution in [0.1, 0.15) is 37.8 Å². The highest BCUT2D eigenvalue weighted by Crippen LogP contribution is 2.35. The highest BCUT2D eigenvalue weighted by atomic mass is 16.5. The van der Waals surface area contributed by atoms with Crippen LogP contribution >= 0.6 is 0 Å². The normalized spacial score (nSPS) is 11.1. The van der Waals surface area contributed by atoms with Gasteiger partial charge < -0.3 is 25.3 Å². The minimum atomic E-state index is -0.0870. The number of amides is 1. The van der Waals surface area contributed by atoms with Crippen molar-refractivity contribution < 1.29 is 19.0 Å². The van der Waals surface area contributed by atoms with Crippen LogP contribution in [0.5, 0.6) is 17.2 Å². The Hall–Kier alpha value is -2.99. The summed E-state index contributed by atoms with van der Waals surface area (Å²) in [5.74, 6) is 1.90. The Morgan fingerprint density at radius 3 is 2.28 bits per heavy atom. The van der Waals surface area contributed by atoms with E-state index in [4.69, 9.17) is 19.9 Å². The first kappa shape index (κ1) is 22.3. The summed E-state index contributed by atoms with van der Waals surface area (Å²) in [5.41, 5.74) is 9.08. The predicted octanol–water partition coefficient (Wildman–Crippen LogP) is 4.23. The van der Waals surface area contributed by atoms with Gasteiger partial charge in [-0.1, -0.05) is 18.2 Å². The van der Waals surface area contributed by atoms with Gasteiger partial charge in [0.1, 0.15) is 5.75 Å². The fourth-order valence-electron chi connectivity index (χ4n) is 3.06. The predicted molar refractivity (Wildman–Crippen MR) is 117 cm³/mol. The summed E-state index contributed by atoms with van der Waals surface area (Å²) in [4.78, 5) is 12.2. The van der Waals surface area contributed by atoms with Crippen molar-refractivity contribution in [2.75, 3.05) is 32.7 Å². The molecule has 156 valence electrons. The van der Waals surface area contributed by atoms with Crippen LogP contribution in [0, 0.1) is 0 Å². The first-order chi connectivity index (χ1) is 14.1. The number of benzene rings is 2. The van der Waals surface area contributed by atoms with Crippen molar-refractivity contribution in [2.24, 2.45) is 5.73 Å². The highest BCUT2D eigenvalue weighted by Gasteiger charge is 2.13. The average Bonchev–Trinajstić information content (AvgIpc) is 2.73. The molecule has 1 amide bonds. The number of nitrogens with one attached hydrogen (secondary N) is 1. The Kier molecular flexibility index (Phi) is 8.55. The van der Waals surface area contributed by atoms with Gasteiger partial charge in [0.15, 0.2) is 11.5 Å². The number of anilines is 1. The molecule has 0 saturated heterocycles. The van der Waals surface area contributed by atoms with E-state index in [9.17, 15) is 4.79 Å². The molecule has 2 rings (SSSR count). The number of hydrogen-bond acceptors (Lipinski definition) is 5. The van der Waals surface area contributed by atoms with Gasteiger partial charge in [-0.3, -0.25) is 4.79 Å². The molecule has 0 aromatic heterocycles. The molecule has 0 bridgehead atoms. The number of methoxy groups -OCH3 is 2. The van der Waals surface area contributed by atoms with Gasteiger partial charge in [-0.15, -0.1) is 0 Å². The van der Waals surface area contributed by atoms with E-state index >= 15 is 0 Å². The number of hydrogen-bond donors (Lipinski definition) is 2. The number of carbonyl (C=O) groups is 1. The molecule has 0 heterocycles. The monoisotopic (exact) mass is 398 g/mol. The summed E-state index contributed by atoms with van der Waals surface area (Å²) in [6.45, 7) is 4.94. The average molecular weight is 399 g/mol. The summed E-state index contributed by atoms with van der Waals surface area (Å²) < 4.78 is 16.5. The number of allylic oxidation sites excluding steroid dienone is 1. The van der Waals surface area contributed by atoms with Crippen molar-refractivity contribution in [3.63, 3.8) is 0 Å². The molecule has 6 heteroatoms. The van der Waals surface area contributed by atoms with Crippen LogP contribution < -0.4 is 25.3 Å². The fraction of sp³-hybridized carbons (Fsp3) is 0.348. The second kappa shape index (κ2) is 11.1. The number of rotatable bonds is 10. The summed E-state index contributed by atoms with van der Waals surface area (Å²) in [7, 11) is 3.20. The van der Waals surface area contributed by atoms with E-state index in [2.05, 4.69) is 5.32 Å². The van der Waals surface area contributed by atoms with E-state index in [0.717, 1.165) is 16.7 Å². The third-order valence-electron chi connectivity index (χ3n) is 4.46. The molecule has 29 heavy (non-hydrogen) atoms. The standard InChI is InChI=1S/C23H30N2O4/c1-5-18(17-10-12-21(28-4)22(15-17)29-6-2)16-9-11-20(27-3)19(14-16)25-23(26)8-7-13-24/h5,9-12,14-15H,6-8,13,24H2,1-4H3,(H,25,26). The summed E-state index contributed by atoms with van der Waals surface area (Å²) in [6.07, 6.45) is 3.04. The lowest BCUT2D eigenvalue weighted by atomic mass is 9.96. The lowest BCUT2D eigenvalue weighted by Gasteiger charge is -2.16. The Labute approximate surface area is 172 Å². The molecule has 0 fully saturated rings. The van der Waals surface area contributed by atoms with E-state index in [1.807, 2.05) is 56.3 Å². The molecule has 0 aliphatic heterocycles. The largest absolute Gasteiger partial charge is 0.495 e. The van der Waals surface area contributed by atoms with Crippen LogP contribution in [0.15, 0.2) is 42.5 Å². The van der Waals surface area contributed by atoms with Gasteiger partial charge in [0, 0.05) is 6.42 Å². The molecule has 2 aromatic rings. The van der Waals surface area contributed by atoms with Crippen LogP contribution in [-0.2, 0) is 4.79 Å². The van der Waals surface area contributed by atoms with Crippen molar-refractivity contribution in [1.29, 1.82) is 0 Å². The molecule has 0 unspecified atom stereocenters. The van der Waals surface area contributed by atoms with E-state index < -0.39 is 0 Å². The van der Waals surface area contributed by atoms with Gasteiger partial charge in [0.25, 0.3) is 0 Å². The maximum absolute atomic E-state index is 12.2. The number of ether oxygens (including phenoxy) is 3. The van der Waals surface area contributed by atoms with E-state index in [0.29, 0.717) is 48.9 Å². The maximum Gasteiger partial charge on any atom is 0.224 e. The third kappa shape index (κ3) is 5.74. The van der Waals surface area contributed by atoms with Crippen LogP contribution in [-0.4, -0.2) is 33.3 Å². The van der Waals surface area contributed by atoms with Crippen molar-refractivity contribution in [2.45, 2.75) is 26.7 Å². The molecule has 3 N–H and O–H groups in total. The second-order valence-corrected chi connectivity index (χ2v) is 6.36. The van der Waals surface area contributed by atoms with Crippen LogP contribution in [0.2, 0.25) is 0 Å². The molecule has 2 aromatic carbocycles. The zero-order chi connectivity index (χ0) is 21.2. The highest BCUT2D eigenvalue weighted by molar-refractivity contribution is 5.93. The molecule has 6 nitrogen and oxygen atoms in total. The van der Waals surface area contributed by atoms with E-state index in [1.54, 1.807) is 14.2 Å². The van der Waals surface area contributed by atoms with Crippen LogP contribution in [0.4, 0.5) is 5.69 Å². The molecular formula is C23H30N2O4. The van der Waals surface area contributed by atoms with E-state index in [1.165, 1.54) is 0 Å². The van der Waals surface area contributed by atoms with Crippen molar-refractivity contribution in [1.82, 2.24) is 0 Å². The molecule has 0 aliphatic carbocycles. The first-order valence-corrected chi connectivity index (χ1v) is 9.73. The van der Waals surface area contributed by atoms with Crippen molar-refractivity contribution in [3.05, 3.63) is 53.6 Å². The topological polar surface area (TPSA) is 82.8 Å². The molecule has 0 atom stereocenters. The van der Waals surface area contributed by atoms with Gasteiger partial charge in [-0.2, -0.15) is 0 Å². The SMILES string of the molecule is CC=C(c1ccc(OC)c(NC(=O)CCCN)c1)c1ccc(OC)c(OCC)c1. The molecule has 0 saturated carbocycles. The quantitative estimate of drug-likeness (QED) is 0.626. The molecular weight excluding hydrogens is 368 g/mol. The fourth-order valence-corrected chi connectivity index (χ4v) is 3.06. The molecule has 0 aliphatic rings. The minimum Gasteiger partial charge on any atom is -0.495 e. The summed E-state index contributed by atoms with van der Waals surface area (Å²) >= 11 is 0. The lowest BCUT2D eigenvalue weighted by Crippen LogP contribution is -2.14. The van der Waals surface area contributed by atoms with E-state index in [-0.39, 0.29) is 5.91 Å². The summed E-state index contributed by atoms with van der Waals surface area (Å²) in [5, 5.41) is 2.93. The van der Waals surface area contributed by atoms with Gasteiger partial charge in [0.05, 0.1) is 26.5 Å². The maximum atomic E-state index is 12.2. The Morgan fingerprint density at radius 2 is 1.69 bits per heavy atom. The van der Waals surface area contributed by atoms with Crippen LogP contribution in [0.25, 0.3) is 5.57 Å². The first-order valence-electron chi connectivity index (χ1n) is 9.73. The summed E-state index contributed by atoms with van der Waals surface area (Å²) in [6, 6.07) is 11.6. The van der Waals surface area contributed by atoms with Gasteiger partial charge in [0.2, 0.25) is 5.91 Å². The van der Waals surface area contributed by atoms with Crippen LogP contribution in [0.3, 0.4) is 0 Å². The number of nitrogens with two attached hydrogens (primary N) is 1. The van der Waals surface area contributed by atoms with Crippen molar-refractivity contribution >= 4 is 17.2 Å². The Balaban J connectivity index is 2.40. The van der Waals surface area contributed by atoms with Gasteiger partial charge in [-0.05, 0) is 67.8 Å². The zero-order valence-corrected chi connectivity index (χ0v) is 17.6. The smallest absolute Gasteiger partial charge is 0.224 e. The minimum absolute atomic E-state index is 0.0870. The van der Waals surface area contributed by atoms with Gasteiger partial charge >= 0.3 is 0 Å². The molecule has 0 spiro atoms. The zero-order valence-electron chi connectivity index (χ0n) is 17.6. The number of carbonyl (C=O) groups excluding carboxylic acids is 1. The Bertz CT molecular complexity index is 862. The second-order valence-electron chi connectivity index (χ2n) is 6.36. The van der Waals surface area contributed by atoms with Crippen molar-refractivity contribution in [3.8, 4) is 17.2 Å². The third-order valence-corrected chi connectivity index (χ3v) is 4.46. The lowest BCUT2D eigenvalue weighted by molar-refractivity contribution is -0.116.